The smallest absolute Gasteiger partial charge is 0.372 e. The molecule has 1 saturated heterocycles. The van der Waals surface area contributed by atoms with Crippen molar-refractivity contribution in [1.29, 1.82) is 0 Å². The minimum Gasteiger partial charge on any atom is -0.372 e. The molecule has 21 heavy (non-hydrogen) atoms. The normalized spacial score (nSPS) is 18.8. The molecule has 1 amide bonds. The van der Waals surface area contributed by atoms with Crippen molar-refractivity contribution in [3.8, 4) is 0 Å². The molecule has 0 bridgehead atoms. The van der Waals surface area contributed by atoms with Gasteiger partial charge in [-0.2, -0.15) is 13.2 Å². The van der Waals surface area contributed by atoms with Crippen LogP contribution in [0, 0.1) is 0 Å². The number of hydrogen-bond donors (Lipinski definition) is 1. The Morgan fingerprint density at radius 3 is 2.29 bits per heavy atom. The van der Waals surface area contributed by atoms with E-state index in [1.165, 1.54) is 19.1 Å². The number of carbonyl (C=O) groups excluding carboxylic acids is 1. The van der Waals surface area contributed by atoms with Gasteiger partial charge in [0.2, 0.25) is 5.91 Å². The van der Waals surface area contributed by atoms with E-state index in [-0.39, 0.29) is 12.2 Å². The molecule has 1 heterocycles. The van der Waals surface area contributed by atoms with Crippen LogP contribution in [0.2, 0.25) is 0 Å². The predicted molar refractivity (Wildman–Crippen MR) is 75.3 cm³/mol. The summed E-state index contributed by atoms with van der Waals surface area (Å²) in [7, 11) is 0. The van der Waals surface area contributed by atoms with E-state index in [1.54, 1.807) is 4.90 Å². The van der Waals surface area contributed by atoms with E-state index in [1.807, 2.05) is 4.90 Å². The van der Waals surface area contributed by atoms with Gasteiger partial charge >= 0.3 is 6.18 Å². The standard InChI is InChI=1S/C14H20F3N3O/c1-3-4-5-12(14(15,16)17)11(2)20-8-6-19(7-9-20)10-13(18)21/h3-5H,1,6-10H2,2H3,(H2,18,21)/b5-4-,12-11-. The zero-order valence-corrected chi connectivity index (χ0v) is 12.0. The van der Waals surface area contributed by atoms with Crippen LogP contribution in [0.4, 0.5) is 13.2 Å². The lowest BCUT2D eigenvalue weighted by molar-refractivity contribution is -0.119. The molecule has 118 valence electrons. The molecule has 0 aromatic rings. The van der Waals surface area contributed by atoms with Crippen LogP contribution in [0.25, 0.3) is 0 Å². The largest absolute Gasteiger partial charge is 0.418 e. The molecule has 0 radical (unpaired) electrons. The molecule has 1 rings (SSSR count). The summed E-state index contributed by atoms with van der Waals surface area (Å²) in [5, 5.41) is 0. The van der Waals surface area contributed by atoms with Crippen molar-refractivity contribution in [1.82, 2.24) is 9.80 Å². The van der Waals surface area contributed by atoms with E-state index in [9.17, 15) is 18.0 Å². The topological polar surface area (TPSA) is 49.6 Å². The second-order valence-electron chi connectivity index (χ2n) is 4.82. The predicted octanol–water partition coefficient (Wildman–Crippen LogP) is 1.67. The number of allylic oxidation sites excluding steroid dienone is 5. The first-order valence-electron chi connectivity index (χ1n) is 6.58. The summed E-state index contributed by atoms with van der Waals surface area (Å²) in [6, 6.07) is 0. The van der Waals surface area contributed by atoms with Crippen molar-refractivity contribution >= 4 is 5.91 Å². The number of amides is 1. The van der Waals surface area contributed by atoms with Gasteiger partial charge in [-0.1, -0.05) is 18.7 Å². The number of nitrogens with two attached hydrogens (primary N) is 1. The second kappa shape index (κ2) is 7.31. The molecule has 1 fully saturated rings. The van der Waals surface area contributed by atoms with Gasteiger partial charge in [0, 0.05) is 31.9 Å². The summed E-state index contributed by atoms with van der Waals surface area (Å²) in [6.45, 7) is 6.86. The number of piperazine rings is 1. The number of alkyl halides is 3. The maximum Gasteiger partial charge on any atom is 0.418 e. The first-order valence-corrected chi connectivity index (χ1v) is 6.58. The van der Waals surface area contributed by atoms with Crippen molar-refractivity contribution < 1.29 is 18.0 Å². The lowest BCUT2D eigenvalue weighted by Crippen LogP contribution is -2.48. The van der Waals surface area contributed by atoms with Crippen molar-refractivity contribution in [3.05, 3.63) is 36.1 Å². The van der Waals surface area contributed by atoms with Gasteiger partial charge < -0.3 is 10.6 Å². The average molecular weight is 303 g/mol. The van der Waals surface area contributed by atoms with E-state index >= 15 is 0 Å². The summed E-state index contributed by atoms with van der Waals surface area (Å²) in [4.78, 5) is 14.3. The van der Waals surface area contributed by atoms with Crippen LogP contribution >= 0.6 is 0 Å². The maximum absolute atomic E-state index is 13.1. The molecule has 0 aromatic carbocycles. The van der Waals surface area contributed by atoms with E-state index in [2.05, 4.69) is 6.58 Å². The fraction of sp³-hybridized carbons (Fsp3) is 0.500. The second-order valence-corrected chi connectivity index (χ2v) is 4.82. The Balaban J connectivity index is 2.83. The van der Waals surface area contributed by atoms with Crippen LogP contribution in [-0.2, 0) is 4.79 Å². The van der Waals surface area contributed by atoms with E-state index in [0.717, 1.165) is 6.08 Å². The van der Waals surface area contributed by atoms with Gasteiger partial charge in [0.05, 0.1) is 12.1 Å². The highest BCUT2D eigenvalue weighted by molar-refractivity contribution is 5.75. The third-order valence-electron chi connectivity index (χ3n) is 3.32. The third-order valence-corrected chi connectivity index (χ3v) is 3.32. The van der Waals surface area contributed by atoms with Gasteiger partial charge in [-0.25, -0.2) is 0 Å². The Morgan fingerprint density at radius 1 is 1.29 bits per heavy atom. The summed E-state index contributed by atoms with van der Waals surface area (Å²) in [5.41, 5.74) is 4.61. The molecule has 0 atom stereocenters. The van der Waals surface area contributed by atoms with Crippen molar-refractivity contribution in [2.45, 2.75) is 13.1 Å². The first kappa shape index (κ1) is 17.3. The van der Waals surface area contributed by atoms with Gasteiger partial charge in [0.25, 0.3) is 0 Å². The SMILES string of the molecule is C=C/C=C\C(=C(/C)N1CCN(CC(N)=O)CC1)C(F)(F)F. The van der Waals surface area contributed by atoms with E-state index in [0.29, 0.717) is 26.2 Å². The molecular weight excluding hydrogens is 283 g/mol. The molecule has 0 saturated carbocycles. The third kappa shape index (κ3) is 5.26. The number of hydrogen-bond acceptors (Lipinski definition) is 3. The maximum atomic E-state index is 13.1. The zero-order chi connectivity index (χ0) is 16.0. The molecular formula is C14H20F3N3O. The highest BCUT2D eigenvalue weighted by Gasteiger charge is 2.35. The lowest BCUT2D eigenvalue weighted by atomic mass is 10.1. The molecule has 2 N–H and O–H groups in total. The number of nitrogens with zero attached hydrogens (tertiary/aromatic N) is 2. The van der Waals surface area contributed by atoms with E-state index < -0.39 is 17.7 Å². The molecule has 4 nitrogen and oxygen atoms in total. The zero-order valence-electron chi connectivity index (χ0n) is 12.0. The Bertz CT molecular complexity index is 447. The van der Waals surface area contributed by atoms with Crippen LogP contribution in [0.1, 0.15) is 6.92 Å². The van der Waals surface area contributed by atoms with Crippen LogP contribution in [0.15, 0.2) is 36.1 Å². The van der Waals surface area contributed by atoms with Gasteiger partial charge in [-0.3, -0.25) is 9.69 Å². The summed E-state index contributed by atoms with van der Waals surface area (Å²) in [6.07, 6.45) is -0.800. The Hall–Kier alpha value is -1.76. The Kier molecular flexibility index (Phi) is 6.02. The summed E-state index contributed by atoms with van der Waals surface area (Å²) < 4.78 is 39.2. The highest BCUT2D eigenvalue weighted by atomic mass is 19.4. The molecule has 7 heteroatoms. The molecule has 0 aromatic heterocycles. The Morgan fingerprint density at radius 2 is 1.86 bits per heavy atom. The molecule has 1 aliphatic rings. The molecule has 1 aliphatic heterocycles. The van der Waals surface area contributed by atoms with Crippen LogP contribution < -0.4 is 5.73 Å². The van der Waals surface area contributed by atoms with Gasteiger partial charge in [-0.15, -0.1) is 0 Å². The summed E-state index contributed by atoms with van der Waals surface area (Å²) in [5.74, 6) is -0.430. The van der Waals surface area contributed by atoms with E-state index in [4.69, 9.17) is 5.73 Å². The highest BCUT2D eigenvalue weighted by Crippen LogP contribution is 2.30. The fourth-order valence-corrected chi connectivity index (χ4v) is 2.22. The van der Waals surface area contributed by atoms with Crippen LogP contribution in [0.3, 0.4) is 0 Å². The molecule has 0 unspecified atom stereocenters. The fourth-order valence-electron chi connectivity index (χ4n) is 2.22. The number of carbonyl (C=O) groups is 1. The van der Waals surface area contributed by atoms with Gasteiger partial charge in [0.15, 0.2) is 0 Å². The Labute approximate surface area is 122 Å². The average Bonchev–Trinajstić information content (AvgIpc) is 2.37. The lowest BCUT2D eigenvalue weighted by Gasteiger charge is -2.36. The summed E-state index contributed by atoms with van der Waals surface area (Å²) >= 11 is 0. The number of primary amides is 1. The van der Waals surface area contributed by atoms with Gasteiger partial charge in [-0.05, 0) is 13.0 Å². The van der Waals surface area contributed by atoms with Gasteiger partial charge in [0.1, 0.15) is 0 Å². The minimum absolute atomic E-state index is 0.138. The van der Waals surface area contributed by atoms with Crippen LogP contribution in [0.5, 0.6) is 0 Å². The first-order chi connectivity index (χ1) is 9.75. The molecule has 0 aliphatic carbocycles. The number of rotatable bonds is 5. The van der Waals surface area contributed by atoms with Crippen molar-refractivity contribution in [3.63, 3.8) is 0 Å². The van der Waals surface area contributed by atoms with Crippen molar-refractivity contribution in [2.24, 2.45) is 5.73 Å². The molecule has 0 spiro atoms. The van der Waals surface area contributed by atoms with Crippen molar-refractivity contribution in [2.75, 3.05) is 32.7 Å². The monoisotopic (exact) mass is 303 g/mol. The minimum atomic E-state index is -4.41. The quantitative estimate of drug-likeness (QED) is 0.786. The number of halogens is 3. The van der Waals surface area contributed by atoms with Crippen LogP contribution in [-0.4, -0.2) is 54.6 Å².